The molecule has 0 aliphatic carbocycles. The van der Waals surface area contributed by atoms with E-state index in [9.17, 15) is 5.26 Å². The normalized spacial score (nSPS) is 11.5. The highest BCUT2D eigenvalue weighted by Crippen LogP contribution is 2.44. The predicted molar refractivity (Wildman–Crippen MR) is 279 cm³/mol. The summed E-state index contributed by atoms with van der Waals surface area (Å²) in [5, 5.41) is 15.2. The number of nitrogens with zero attached hydrogens (tertiary/aromatic N) is 6. The van der Waals surface area contributed by atoms with Crippen LogP contribution in [0.2, 0.25) is 0 Å². The van der Waals surface area contributed by atoms with Crippen molar-refractivity contribution < 1.29 is 0 Å². The van der Waals surface area contributed by atoms with Gasteiger partial charge in [0.05, 0.1) is 45.1 Å². The van der Waals surface area contributed by atoms with E-state index < -0.39 is 0 Å². The number of fused-ring (bicyclic) bond motifs is 6. The Kier molecular flexibility index (Phi) is 9.67. The van der Waals surface area contributed by atoms with Gasteiger partial charge < -0.3 is 9.13 Å². The van der Waals surface area contributed by atoms with Gasteiger partial charge in [-0.1, -0.05) is 131 Å². The second kappa shape index (κ2) is 16.2. The van der Waals surface area contributed by atoms with Crippen LogP contribution in [-0.2, 0) is 0 Å². The van der Waals surface area contributed by atoms with E-state index in [1.54, 1.807) is 0 Å². The average molecular weight is 873 g/mol. The Balaban J connectivity index is 1.23. The van der Waals surface area contributed by atoms with Gasteiger partial charge in [0, 0.05) is 49.4 Å². The van der Waals surface area contributed by atoms with Crippen LogP contribution in [0.3, 0.4) is 0 Å². The molecule has 0 N–H and O–H groups in total. The molecule has 0 spiro atoms. The van der Waals surface area contributed by atoms with E-state index in [1.807, 2.05) is 84.9 Å². The molecular weight excluding hydrogens is 829 g/mol. The lowest BCUT2D eigenvalue weighted by Gasteiger charge is -2.21. The molecule has 6 nitrogen and oxygen atoms in total. The van der Waals surface area contributed by atoms with Gasteiger partial charge in [0.15, 0.2) is 17.5 Å². The Bertz CT molecular complexity index is 3840. The number of hydrogen-bond acceptors (Lipinski definition) is 4. The fourth-order valence-corrected chi connectivity index (χ4v) is 9.99. The first-order chi connectivity index (χ1) is 33.3. The number of rotatable bonds is 7. The summed E-state index contributed by atoms with van der Waals surface area (Å²) in [7, 11) is 0. The molecule has 9 aromatic carbocycles. The molecule has 6 heteroatoms. The van der Waals surface area contributed by atoms with Gasteiger partial charge in [0.25, 0.3) is 0 Å². The van der Waals surface area contributed by atoms with Crippen molar-refractivity contribution >= 4 is 43.6 Å². The lowest BCUT2D eigenvalue weighted by molar-refractivity contribution is 1.07. The first kappa shape index (κ1) is 40.6. The maximum atomic E-state index is 10.5. The summed E-state index contributed by atoms with van der Waals surface area (Å²) in [6.07, 6.45) is 0. The van der Waals surface area contributed by atoms with Crippen LogP contribution < -0.4 is 0 Å². The van der Waals surface area contributed by atoms with Gasteiger partial charge in [0.1, 0.15) is 0 Å². The second-order valence-electron chi connectivity index (χ2n) is 17.9. The maximum Gasteiger partial charge on any atom is 0.164 e. The summed E-state index contributed by atoms with van der Waals surface area (Å²) in [4.78, 5) is 15.5. The first-order valence-corrected chi connectivity index (χ1v) is 23.0. The van der Waals surface area contributed by atoms with Gasteiger partial charge in [-0.2, -0.15) is 5.26 Å². The smallest absolute Gasteiger partial charge is 0.164 e. The Morgan fingerprint density at radius 1 is 0.338 bits per heavy atom. The van der Waals surface area contributed by atoms with Crippen molar-refractivity contribution in [3.8, 4) is 73.9 Å². The molecule has 3 heterocycles. The molecule has 0 fully saturated rings. The van der Waals surface area contributed by atoms with Crippen LogP contribution >= 0.6 is 0 Å². The minimum atomic E-state index is 0.564. The average Bonchev–Trinajstić information content (AvgIpc) is 3.86. The molecule has 68 heavy (non-hydrogen) atoms. The van der Waals surface area contributed by atoms with Crippen molar-refractivity contribution in [2.45, 2.75) is 27.7 Å². The zero-order chi connectivity index (χ0) is 46.0. The molecule has 0 radical (unpaired) electrons. The molecule has 0 atom stereocenters. The van der Waals surface area contributed by atoms with E-state index in [0.717, 1.165) is 72.4 Å². The zero-order valence-corrected chi connectivity index (χ0v) is 38.2. The van der Waals surface area contributed by atoms with Crippen molar-refractivity contribution in [3.63, 3.8) is 0 Å². The minimum absolute atomic E-state index is 0.564. The number of hydrogen-bond donors (Lipinski definition) is 0. The van der Waals surface area contributed by atoms with Crippen molar-refractivity contribution in [2.24, 2.45) is 0 Å². The van der Waals surface area contributed by atoms with Gasteiger partial charge in [-0.05, 0) is 124 Å². The standard InChI is InChI=1S/C62H44N6/c1-38-19-25-54-48(31-38)49-32-39(2)20-26-55(49)67(54)58-29-23-44(47-18-12-11-17-46(47)37-63)35-52(58)53-36-45(62-65-60(42-13-7-5-8-14-42)64-61(66-62)43-15-9-6-10-16-43)24-30-59(53)68-56-27-21-40(3)33-50(56)51-34-41(4)22-28-57(51)68/h5-36H,1-4H3. The van der Waals surface area contributed by atoms with Crippen molar-refractivity contribution in [2.75, 3.05) is 0 Å². The molecule has 0 bridgehead atoms. The van der Waals surface area contributed by atoms with Gasteiger partial charge in [-0.15, -0.1) is 0 Å². The lowest BCUT2D eigenvalue weighted by atomic mass is 9.93. The third-order valence-electron chi connectivity index (χ3n) is 13.2. The van der Waals surface area contributed by atoms with E-state index >= 15 is 0 Å². The van der Waals surface area contributed by atoms with Crippen molar-refractivity contribution in [3.05, 3.63) is 222 Å². The van der Waals surface area contributed by atoms with E-state index in [1.165, 1.54) is 43.8 Å². The quantitative estimate of drug-likeness (QED) is 0.160. The summed E-state index contributed by atoms with van der Waals surface area (Å²) in [6, 6.07) is 70.9. The Labute approximate surface area is 394 Å². The molecule has 0 unspecified atom stereocenters. The monoisotopic (exact) mass is 872 g/mol. The second-order valence-corrected chi connectivity index (χ2v) is 17.9. The number of aryl methyl sites for hydroxylation is 4. The third kappa shape index (κ3) is 6.83. The van der Waals surface area contributed by atoms with Crippen molar-refractivity contribution in [1.82, 2.24) is 24.1 Å². The molecule has 0 amide bonds. The number of aromatic nitrogens is 5. The molecular formula is C62H44N6. The van der Waals surface area contributed by atoms with Crippen LogP contribution in [0, 0.1) is 39.0 Å². The molecule has 12 aromatic rings. The van der Waals surface area contributed by atoms with Crippen molar-refractivity contribution in [1.29, 1.82) is 5.26 Å². The highest BCUT2D eigenvalue weighted by atomic mass is 15.0. The van der Waals surface area contributed by atoms with Crippen LogP contribution in [0.1, 0.15) is 27.8 Å². The number of benzene rings is 9. The molecule has 322 valence electrons. The van der Waals surface area contributed by atoms with Crippen LogP contribution in [-0.4, -0.2) is 24.1 Å². The highest BCUT2D eigenvalue weighted by Gasteiger charge is 2.24. The predicted octanol–water partition coefficient (Wildman–Crippen LogP) is 15.5. The van der Waals surface area contributed by atoms with Crippen LogP contribution in [0.4, 0.5) is 0 Å². The first-order valence-electron chi connectivity index (χ1n) is 23.0. The van der Waals surface area contributed by atoms with Gasteiger partial charge in [0.2, 0.25) is 0 Å². The van der Waals surface area contributed by atoms with E-state index in [4.69, 9.17) is 15.0 Å². The molecule has 3 aromatic heterocycles. The minimum Gasteiger partial charge on any atom is -0.309 e. The number of nitriles is 1. The van der Waals surface area contributed by atoms with Crippen LogP contribution in [0.5, 0.6) is 0 Å². The van der Waals surface area contributed by atoms with Gasteiger partial charge in [-0.3, -0.25) is 0 Å². The highest BCUT2D eigenvalue weighted by molar-refractivity contribution is 6.12. The maximum absolute atomic E-state index is 10.5. The summed E-state index contributed by atoms with van der Waals surface area (Å²) >= 11 is 0. The van der Waals surface area contributed by atoms with Gasteiger partial charge >= 0.3 is 0 Å². The summed E-state index contributed by atoms with van der Waals surface area (Å²) in [5.41, 5.74) is 18.3. The molecule has 0 aliphatic heterocycles. The summed E-state index contributed by atoms with van der Waals surface area (Å²) < 4.78 is 4.83. The SMILES string of the molecule is Cc1ccc2c(c1)c1cc(C)ccc1n2-c1ccc(-c2nc(-c3ccccc3)nc(-c3ccccc3)n2)cc1-c1cc(-c2ccccc2C#N)ccc1-n1c2ccc(C)cc2c2cc(C)ccc21. The summed E-state index contributed by atoms with van der Waals surface area (Å²) in [5.74, 6) is 1.76. The molecule has 0 saturated heterocycles. The van der Waals surface area contributed by atoms with E-state index in [-0.39, 0.29) is 0 Å². The third-order valence-corrected chi connectivity index (χ3v) is 13.2. The topological polar surface area (TPSA) is 72.3 Å². The molecule has 0 saturated carbocycles. The van der Waals surface area contributed by atoms with Crippen LogP contribution in [0.15, 0.2) is 194 Å². The summed E-state index contributed by atoms with van der Waals surface area (Å²) in [6.45, 7) is 8.63. The fourth-order valence-electron chi connectivity index (χ4n) is 9.99. The van der Waals surface area contributed by atoms with Crippen LogP contribution in [0.25, 0.3) is 111 Å². The molecule has 12 rings (SSSR count). The zero-order valence-electron chi connectivity index (χ0n) is 38.2. The Morgan fingerprint density at radius 3 is 1.13 bits per heavy atom. The Morgan fingerprint density at radius 2 is 0.706 bits per heavy atom. The van der Waals surface area contributed by atoms with Gasteiger partial charge in [-0.25, -0.2) is 15.0 Å². The largest absolute Gasteiger partial charge is 0.309 e. The lowest BCUT2D eigenvalue weighted by Crippen LogP contribution is -2.04. The molecule has 0 aliphatic rings. The fraction of sp³-hybridized carbons (Fsp3) is 0.0645. The van der Waals surface area contributed by atoms with E-state index in [0.29, 0.717) is 23.0 Å². The van der Waals surface area contributed by atoms with E-state index in [2.05, 4.69) is 152 Å². The Hall–Kier alpha value is -8.92.